The van der Waals surface area contributed by atoms with Gasteiger partial charge in [0.05, 0.1) is 0 Å². The van der Waals surface area contributed by atoms with E-state index in [4.69, 9.17) is 28.3 Å². The minimum absolute atomic E-state index is 0.0446. The average Bonchev–Trinajstić information content (AvgIpc) is 2.25. The molecule has 3 nitrogen and oxygen atoms in total. The van der Waals surface area contributed by atoms with Gasteiger partial charge in [0.1, 0.15) is 6.04 Å². The molecule has 0 aliphatic heterocycles. The Morgan fingerprint density at radius 2 is 2.06 bits per heavy atom. The Bertz CT molecular complexity index is 421. The molecule has 0 bridgehead atoms. The largest absolute Gasteiger partial charge is 0.480 e. The predicted octanol–water partition coefficient (Wildman–Crippen LogP) is 3.23. The van der Waals surface area contributed by atoms with Crippen molar-refractivity contribution in [2.24, 2.45) is 5.92 Å². The Morgan fingerprint density at radius 3 is 2.56 bits per heavy atom. The van der Waals surface area contributed by atoms with Crippen LogP contribution < -0.4 is 5.32 Å². The summed E-state index contributed by atoms with van der Waals surface area (Å²) in [6.07, 6.45) is 0.673. The number of aliphatic carboxylic acids is 1. The molecule has 0 saturated heterocycles. The molecular weight excluding hydrogens is 273 g/mol. The molecule has 100 valence electrons. The van der Waals surface area contributed by atoms with Crippen molar-refractivity contribution in [2.45, 2.75) is 26.3 Å². The maximum absolute atomic E-state index is 11.0. The molecule has 2 N–H and O–H groups in total. The molecule has 1 aromatic carbocycles. The van der Waals surface area contributed by atoms with E-state index in [1.54, 1.807) is 12.1 Å². The van der Waals surface area contributed by atoms with Crippen LogP contribution in [0, 0.1) is 5.92 Å². The summed E-state index contributed by atoms with van der Waals surface area (Å²) in [4.78, 5) is 11.0. The van der Waals surface area contributed by atoms with Crippen LogP contribution in [-0.4, -0.2) is 23.7 Å². The molecule has 0 radical (unpaired) electrons. The molecule has 0 aliphatic rings. The third-order valence-corrected chi connectivity index (χ3v) is 3.29. The quantitative estimate of drug-likeness (QED) is 0.845. The number of hydrogen-bond acceptors (Lipinski definition) is 2. The molecule has 0 amide bonds. The summed E-state index contributed by atoms with van der Waals surface area (Å²) in [5, 5.41) is 13.3. The van der Waals surface area contributed by atoms with Crippen molar-refractivity contribution in [3.8, 4) is 0 Å². The van der Waals surface area contributed by atoms with Crippen LogP contribution in [0.5, 0.6) is 0 Å². The van der Waals surface area contributed by atoms with Gasteiger partial charge < -0.3 is 10.4 Å². The van der Waals surface area contributed by atoms with E-state index in [0.717, 1.165) is 5.56 Å². The molecule has 0 aliphatic carbocycles. The summed E-state index contributed by atoms with van der Waals surface area (Å²) < 4.78 is 0. The van der Waals surface area contributed by atoms with Gasteiger partial charge in [0.25, 0.3) is 0 Å². The molecule has 0 fully saturated rings. The van der Waals surface area contributed by atoms with Crippen LogP contribution in [0.1, 0.15) is 19.4 Å². The smallest absolute Gasteiger partial charge is 0.320 e. The van der Waals surface area contributed by atoms with Gasteiger partial charge in [-0.2, -0.15) is 0 Å². The lowest BCUT2D eigenvalue weighted by Gasteiger charge is -2.18. The highest BCUT2D eigenvalue weighted by Gasteiger charge is 2.20. The van der Waals surface area contributed by atoms with Crippen LogP contribution in [-0.2, 0) is 11.2 Å². The van der Waals surface area contributed by atoms with Crippen molar-refractivity contribution in [3.63, 3.8) is 0 Å². The maximum atomic E-state index is 11.0. The topological polar surface area (TPSA) is 49.3 Å². The molecule has 1 unspecified atom stereocenters. The van der Waals surface area contributed by atoms with E-state index in [1.165, 1.54) is 0 Å². The van der Waals surface area contributed by atoms with Crippen molar-refractivity contribution >= 4 is 29.2 Å². The fraction of sp³-hybridized carbons (Fsp3) is 0.462. The van der Waals surface area contributed by atoms with E-state index < -0.39 is 12.0 Å². The minimum Gasteiger partial charge on any atom is -0.480 e. The molecule has 1 atom stereocenters. The number of rotatable bonds is 6. The molecular formula is C13H17Cl2NO2. The molecule has 0 heterocycles. The Labute approximate surface area is 117 Å². The van der Waals surface area contributed by atoms with E-state index in [0.29, 0.717) is 23.0 Å². The lowest BCUT2D eigenvalue weighted by Crippen LogP contribution is -2.41. The van der Waals surface area contributed by atoms with Gasteiger partial charge in [0.15, 0.2) is 0 Å². The summed E-state index contributed by atoms with van der Waals surface area (Å²) in [6, 6.07) is 4.79. The van der Waals surface area contributed by atoms with Crippen molar-refractivity contribution in [3.05, 3.63) is 33.8 Å². The van der Waals surface area contributed by atoms with Crippen LogP contribution in [0.4, 0.5) is 0 Å². The fourth-order valence-corrected chi connectivity index (χ4v) is 2.20. The lowest BCUT2D eigenvalue weighted by molar-refractivity contribution is -0.140. The van der Waals surface area contributed by atoms with Crippen molar-refractivity contribution in [1.29, 1.82) is 0 Å². The second-order valence-electron chi connectivity index (χ2n) is 4.50. The number of halogens is 2. The van der Waals surface area contributed by atoms with E-state index in [9.17, 15) is 4.79 Å². The van der Waals surface area contributed by atoms with Crippen molar-refractivity contribution in [2.75, 3.05) is 6.54 Å². The second-order valence-corrected chi connectivity index (χ2v) is 5.34. The average molecular weight is 290 g/mol. The Hall–Kier alpha value is -0.770. The first-order valence-electron chi connectivity index (χ1n) is 5.82. The molecule has 0 saturated carbocycles. The summed E-state index contributed by atoms with van der Waals surface area (Å²) >= 11 is 11.8. The zero-order valence-electron chi connectivity index (χ0n) is 10.4. The highest BCUT2D eigenvalue weighted by atomic mass is 35.5. The van der Waals surface area contributed by atoms with Crippen molar-refractivity contribution < 1.29 is 9.90 Å². The Kier molecular flexibility index (Phi) is 5.93. The Morgan fingerprint density at radius 1 is 1.39 bits per heavy atom. The molecule has 0 spiro atoms. The lowest BCUT2D eigenvalue weighted by atomic mass is 10.0. The van der Waals surface area contributed by atoms with Crippen molar-refractivity contribution in [1.82, 2.24) is 5.32 Å². The van der Waals surface area contributed by atoms with Crippen LogP contribution in [0.2, 0.25) is 10.0 Å². The van der Waals surface area contributed by atoms with E-state index in [-0.39, 0.29) is 5.92 Å². The molecule has 1 aromatic rings. The molecule has 1 rings (SSSR count). The number of carbonyl (C=O) groups is 1. The predicted molar refractivity (Wildman–Crippen MR) is 74.4 cm³/mol. The van der Waals surface area contributed by atoms with Crippen LogP contribution >= 0.6 is 23.2 Å². The zero-order chi connectivity index (χ0) is 13.7. The first-order valence-corrected chi connectivity index (χ1v) is 6.57. The summed E-state index contributed by atoms with van der Waals surface area (Å²) in [6.45, 7) is 4.32. The van der Waals surface area contributed by atoms with Gasteiger partial charge in [-0.1, -0.05) is 43.1 Å². The third kappa shape index (κ3) is 4.48. The van der Waals surface area contributed by atoms with E-state index in [1.807, 2.05) is 19.9 Å². The second kappa shape index (κ2) is 6.98. The van der Waals surface area contributed by atoms with Crippen LogP contribution in [0.3, 0.4) is 0 Å². The highest BCUT2D eigenvalue weighted by Crippen LogP contribution is 2.21. The first kappa shape index (κ1) is 15.3. The number of carboxylic acids is 1. The molecule has 0 aromatic heterocycles. The highest BCUT2D eigenvalue weighted by molar-refractivity contribution is 6.35. The fourth-order valence-electron chi connectivity index (χ4n) is 1.69. The van der Waals surface area contributed by atoms with Crippen LogP contribution in [0.25, 0.3) is 0 Å². The van der Waals surface area contributed by atoms with Gasteiger partial charge in [-0.3, -0.25) is 4.79 Å². The van der Waals surface area contributed by atoms with E-state index >= 15 is 0 Å². The number of carboxylic acid groups (broad SMARTS) is 1. The normalized spacial score (nSPS) is 12.7. The standard InChI is InChI=1S/C13H17Cl2NO2/c1-8(2)12(13(17)18)16-6-5-9-3-4-10(14)7-11(9)15/h3-4,7-8,12,16H,5-6H2,1-2H3,(H,17,18). The maximum Gasteiger partial charge on any atom is 0.320 e. The Balaban J connectivity index is 2.53. The van der Waals surface area contributed by atoms with Gasteiger partial charge in [0.2, 0.25) is 0 Å². The van der Waals surface area contributed by atoms with Gasteiger partial charge in [0, 0.05) is 16.6 Å². The third-order valence-electron chi connectivity index (χ3n) is 2.71. The minimum atomic E-state index is -0.827. The van der Waals surface area contributed by atoms with E-state index in [2.05, 4.69) is 5.32 Å². The molecule has 18 heavy (non-hydrogen) atoms. The summed E-state index contributed by atoms with van der Waals surface area (Å²) in [7, 11) is 0. The SMILES string of the molecule is CC(C)C(NCCc1ccc(Cl)cc1Cl)C(=O)O. The number of nitrogens with one attached hydrogen (secondary N) is 1. The van der Waals surface area contributed by atoms with Gasteiger partial charge in [-0.25, -0.2) is 0 Å². The number of benzene rings is 1. The zero-order valence-corrected chi connectivity index (χ0v) is 11.9. The van der Waals surface area contributed by atoms with Crippen LogP contribution in [0.15, 0.2) is 18.2 Å². The summed E-state index contributed by atoms with van der Waals surface area (Å²) in [5.41, 5.74) is 0.960. The first-order chi connectivity index (χ1) is 8.41. The monoisotopic (exact) mass is 289 g/mol. The van der Waals surface area contributed by atoms with Gasteiger partial charge >= 0.3 is 5.97 Å². The van der Waals surface area contributed by atoms with Gasteiger partial charge in [-0.15, -0.1) is 0 Å². The molecule has 5 heteroatoms. The number of hydrogen-bond donors (Lipinski definition) is 2. The van der Waals surface area contributed by atoms with Gasteiger partial charge in [-0.05, 0) is 30.0 Å². The summed E-state index contributed by atoms with van der Waals surface area (Å²) in [5.74, 6) is -0.782.